The number of hydrogen-bond donors (Lipinski definition) is 1. The third-order valence-electron chi connectivity index (χ3n) is 4.81. The zero-order chi connectivity index (χ0) is 13.4. The molecule has 102 valence electrons. The predicted molar refractivity (Wildman–Crippen MR) is 74.3 cm³/mol. The maximum Gasteiger partial charge on any atom is 0.335 e. The van der Waals surface area contributed by atoms with E-state index < -0.39 is 5.97 Å². The molecule has 0 bridgehead atoms. The average molecular weight is 259 g/mol. The summed E-state index contributed by atoms with van der Waals surface area (Å²) in [6.45, 7) is 4.28. The Balaban J connectivity index is 1.84. The van der Waals surface area contributed by atoms with Gasteiger partial charge in [0.1, 0.15) is 0 Å². The summed E-state index contributed by atoms with van der Waals surface area (Å²) in [5.74, 6) is -0.0104. The highest BCUT2D eigenvalue weighted by atomic mass is 16.4. The first-order valence-electron chi connectivity index (χ1n) is 7.25. The van der Waals surface area contributed by atoms with Crippen LogP contribution in [0.3, 0.4) is 0 Å². The number of benzene rings is 1. The Kier molecular flexibility index (Phi) is 3.31. The van der Waals surface area contributed by atoms with E-state index in [1.807, 2.05) is 6.07 Å². The number of nitrogens with zero attached hydrogens (tertiary/aromatic N) is 1. The molecule has 3 rings (SSSR count). The summed E-state index contributed by atoms with van der Waals surface area (Å²) in [6, 6.07) is 6.40. The lowest BCUT2D eigenvalue weighted by molar-refractivity contribution is 0.0693. The SMILES string of the molecule is CC1CCCC1N1CCc2c(cccc2C(=O)O)C1. The molecule has 1 aliphatic carbocycles. The molecule has 0 amide bonds. The second-order valence-corrected chi connectivity index (χ2v) is 5.94. The van der Waals surface area contributed by atoms with Crippen LogP contribution in [-0.2, 0) is 13.0 Å². The van der Waals surface area contributed by atoms with Gasteiger partial charge in [0.2, 0.25) is 0 Å². The van der Waals surface area contributed by atoms with Gasteiger partial charge in [-0.25, -0.2) is 4.79 Å². The number of carboxylic acid groups (broad SMARTS) is 1. The van der Waals surface area contributed by atoms with Crippen molar-refractivity contribution in [2.45, 2.75) is 45.2 Å². The molecule has 1 aromatic rings. The van der Waals surface area contributed by atoms with Crippen molar-refractivity contribution in [1.29, 1.82) is 0 Å². The van der Waals surface area contributed by atoms with Crippen LogP contribution in [0, 0.1) is 5.92 Å². The van der Waals surface area contributed by atoms with E-state index in [1.54, 1.807) is 6.07 Å². The summed E-state index contributed by atoms with van der Waals surface area (Å²) < 4.78 is 0. The minimum atomic E-state index is -0.792. The van der Waals surface area contributed by atoms with Gasteiger partial charge in [0.05, 0.1) is 5.56 Å². The smallest absolute Gasteiger partial charge is 0.335 e. The van der Waals surface area contributed by atoms with Gasteiger partial charge in [-0.3, -0.25) is 4.90 Å². The lowest BCUT2D eigenvalue weighted by Crippen LogP contribution is -2.41. The van der Waals surface area contributed by atoms with E-state index in [1.165, 1.54) is 24.8 Å². The molecule has 2 atom stereocenters. The quantitative estimate of drug-likeness (QED) is 0.887. The minimum absolute atomic E-state index is 0.497. The van der Waals surface area contributed by atoms with Crippen molar-refractivity contribution in [2.24, 2.45) is 5.92 Å². The van der Waals surface area contributed by atoms with E-state index in [-0.39, 0.29) is 0 Å². The number of fused-ring (bicyclic) bond motifs is 1. The van der Waals surface area contributed by atoms with Gasteiger partial charge in [0.25, 0.3) is 0 Å². The van der Waals surface area contributed by atoms with Gasteiger partial charge >= 0.3 is 5.97 Å². The predicted octanol–water partition coefficient (Wildman–Crippen LogP) is 2.93. The van der Waals surface area contributed by atoms with Crippen LogP contribution in [0.2, 0.25) is 0 Å². The van der Waals surface area contributed by atoms with Gasteiger partial charge in [-0.2, -0.15) is 0 Å². The van der Waals surface area contributed by atoms with Crippen molar-refractivity contribution >= 4 is 5.97 Å². The molecule has 3 nitrogen and oxygen atoms in total. The molecular formula is C16H21NO2. The second kappa shape index (κ2) is 4.97. The van der Waals surface area contributed by atoms with Crippen molar-refractivity contribution in [2.75, 3.05) is 6.54 Å². The second-order valence-electron chi connectivity index (χ2n) is 5.94. The number of hydrogen-bond acceptors (Lipinski definition) is 2. The molecule has 3 heteroatoms. The standard InChI is InChI=1S/C16H21NO2/c1-11-4-2-7-15(11)17-9-8-13-12(10-17)5-3-6-14(13)16(18)19/h3,5-6,11,15H,2,4,7-10H2,1H3,(H,18,19). The van der Waals surface area contributed by atoms with E-state index in [4.69, 9.17) is 0 Å². The lowest BCUT2D eigenvalue weighted by atomic mass is 9.92. The van der Waals surface area contributed by atoms with E-state index in [9.17, 15) is 9.90 Å². The van der Waals surface area contributed by atoms with Gasteiger partial charge in [-0.15, -0.1) is 0 Å². The molecule has 1 saturated carbocycles. The molecule has 19 heavy (non-hydrogen) atoms. The molecule has 2 unspecified atom stereocenters. The van der Waals surface area contributed by atoms with Crippen molar-refractivity contribution in [3.8, 4) is 0 Å². The fraction of sp³-hybridized carbons (Fsp3) is 0.562. The number of carbonyl (C=O) groups is 1. The Morgan fingerprint density at radius 3 is 2.89 bits per heavy atom. The fourth-order valence-corrected chi connectivity index (χ4v) is 3.78. The third-order valence-corrected chi connectivity index (χ3v) is 4.81. The van der Waals surface area contributed by atoms with Gasteiger partial charge in [0, 0.05) is 19.1 Å². The molecule has 1 aromatic carbocycles. The maximum absolute atomic E-state index is 11.2. The third kappa shape index (κ3) is 2.27. The Morgan fingerprint density at radius 2 is 2.21 bits per heavy atom. The van der Waals surface area contributed by atoms with Crippen LogP contribution in [0.15, 0.2) is 18.2 Å². The summed E-state index contributed by atoms with van der Waals surface area (Å²) in [5, 5.41) is 9.25. The number of carboxylic acids is 1. The first-order chi connectivity index (χ1) is 9.16. The Morgan fingerprint density at radius 1 is 1.37 bits per heavy atom. The van der Waals surface area contributed by atoms with E-state index in [0.29, 0.717) is 11.6 Å². The van der Waals surface area contributed by atoms with Crippen LogP contribution < -0.4 is 0 Å². The Bertz CT molecular complexity index is 498. The summed E-state index contributed by atoms with van der Waals surface area (Å²) in [5.41, 5.74) is 2.76. The molecule has 1 aliphatic heterocycles. The summed E-state index contributed by atoms with van der Waals surface area (Å²) in [7, 11) is 0. The van der Waals surface area contributed by atoms with E-state index >= 15 is 0 Å². The zero-order valence-electron chi connectivity index (χ0n) is 11.4. The highest BCUT2D eigenvalue weighted by Crippen LogP contribution is 2.33. The van der Waals surface area contributed by atoms with Gasteiger partial charge in [-0.05, 0) is 42.4 Å². The molecule has 1 fully saturated rings. The lowest BCUT2D eigenvalue weighted by Gasteiger charge is -2.36. The summed E-state index contributed by atoms with van der Waals surface area (Å²) >= 11 is 0. The molecule has 0 aromatic heterocycles. The van der Waals surface area contributed by atoms with Crippen LogP contribution in [0.5, 0.6) is 0 Å². The van der Waals surface area contributed by atoms with Crippen molar-refractivity contribution in [3.63, 3.8) is 0 Å². The van der Waals surface area contributed by atoms with Crippen LogP contribution >= 0.6 is 0 Å². The van der Waals surface area contributed by atoms with Gasteiger partial charge in [-0.1, -0.05) is 25.5 Å². The van der Waals surface area contributed by atoms with Crippen molar-refractivity contribution in [1.82, 2.24) is 4.90 Å². The number of rotatable bonds is 2. The highest BCUT2D eigenvalue weighted by molar-refractivity contribution is 5.89. The molecule has 0 saturated heterocycles. The van der Waals surface area contributed by atoms with E-state index in [0.717, 1.165) is 31.0 Å². The highest BCUT2D eigenvalue weighted by Gasteiger charge is 2.31. The Hall–Kier alpha value is -1.35. The van der Waals surface area contributed by atoms with Crippen molar-refractivity contribution in [3.05, 3.63) is 34.9 Å². The monoisotopic (exact) mass is 259 g/mol. The molecule has 1 heterocycles. The van der Waals surface area contributed by atoms with Crippen LogP contribution in [0.4, 0.5) is 0 Å². The first-order valence-corrected chi connectivity index (χ1v) is 7.25. The fourth-order valence-electron chi connectivity index (χ4n) is 3.78. The van der Waals surface area contributed by atoms with Crippen LogP contribution in [0.25, 0.3) is 0 Å². The topological polar surface area (TPSA) is 40.5 Å². The molecule has 2 aliphatic rings. The average Bonchev–Trinajstić information content (AvgIpc) is 2.83. The zero-order valence-corrected chi connectivity index (χ0v) is 11.4. The van der Waals surface area contributed by atoms with E-state index in [2.05, 4.69) is 17.9 Å². The maximum atomic E-state index is 11.2. The van der Waals surface area contributed by atoms with Crippen LogP contribution in [0.1, 0.15) is 47.7 Å². The summed E-state index contributed by atoms with van der Waals surface area (Å²) in [4.78, 5) is 13.8. The Labute approximate surface area is 114 Å². The van der Waals surface area contributed by atoms with Crippen LogP contribution in [-0.4, -0.2) is 28.6 Å². The molecule has 0 radical (unpaired) electrons. The summed E-state index contributed by atoms with van der Waals surface area (Å²) in [6.07, 6.45) is 4.85. The van der Waals surface area contributed by atoms with Crippen molar-refractivity contribution < 1.29 is 9.90 Å². The molecular weight excluding hydrogens is 238 g/mol. The minimum Gasteiger partial charge on any atom is -0.478 e. The number of aromatic carboxylic acids is 1. The largest absolute Gasteiger partial charge is 0.478 e. The molecule has 1 N–H and O–H groups in total. The van der Waals surface area contributed by atoms with Gasteiger partial charge < -0.3 is 5.11 Å². The normalized spacial score (nSPS) is 27.2. The van der Waals surface area contributed by atoms with Gasteiger partial charge in [0.15, 0.2) is 0 Å². The molecule has 0 spiro atoms. The first kappa shape index (κ1) is 12.7.